The number of nitrogens with two attached hydrogens (primary N) is 1. The molecule has 3 atom stereocenters. The Labute approximate surface area is 252 Å². The van der Waals surface area contributed by atoms with Gasteiger partial charge in [0.2, 0.25) is 15.9 Å². The summed E-state index contributed by atoms with van der Waals surface area (Å²) in [5, 5.41) is 5.81. The molecule has 0 bridgehead atoms. The van der Waals surface area contributed by atoms with Gasteiger partial charge in [0.15, 0.2) is 0 Å². The van der Waals surface area contributed by atoms with Crippen molar-refractivity contribution >= 4 is 33.2 Å². The summed E-state index contributed by atoms with van der Waals surface area (Å²) in [6.07, 6.45) is 0.983. The summed E-state index contributed by atoms with van der Waals surface area (Å²) in [6.45, 7) is 5.77. The quantitative estimate of drug-likeness (QED) is 0.277. The summed E-state index contributed by atoms with van der Waals surface area (Å²) >= 11 is 0. The average Bonchev–Trinajstić information content (AvgIpc) is 3.32. The van der Waals surface area contributed by atoms with Gasteiger partial charge in [-0.05, 0) is 75.1 Å². The van der Waals surface area contributed by atoms with Crippen LogP contribution in [0.25, 0.3) is 0 Å². The lowest BCUT2D eigenvalue weighted by Crippen LogP contribution is -2.50. The summed E-state index contributed by atoms with van der Waals surface area (Å²) in [6, 6.07) is 18.7. The minimum atomic E-state index is -3.48. The number of benzene rings is 3. The first-order valence-electron chi connectivity index (χ1n) is 14.4. The number of nitrogens with zero attached hydrogens (tertiary/aromatic N) is 1. The van der Waals surface area contributed by atoms with Crippen LogP contribution in [0.15, 0.2) is 72.8 Å². The van der Waals surface area contributed by atoms with Crippen LogP contribution in [0.2, 0.25) is 0 Å². The second-order valence-corrected chi connectivity index (χ2v) is 13.2. The molecule has 43 heavy (non-hydrogen) atoms. The van der Waals surface area contributed by atoms with Crippen LogP contribution < -0.4 is 25.4 Å². The van der Waals surface area contributed by atoms with Gasteiger partial charge in [0.05, 0.1) is 17.5 Å². The normalized spacial score (nSPS) is 16.4. The molecule has 0 unspecified atom stereocenters. The first-order valence-corrected chi connectivity index (χ1v) is 16.0. The molecule has 11 heteroatoms. The number of sulfonamides is 1. The molecule has 9 nitrogen and oxygen atoms in total. The standard InChI is InChI=1S/C32H39FN4O5S/c1-21(2)42-28-19-24(18-27(20-28)37-14-7-15-43(37,40)41)32(39)36-30(17-23-8-5-4-6-9-23)29(34)16-22(3)31(38)35-26-12-10-25(33)11-13-26/h4-6,8-13,18-22,29-30H,7,14-17,34H2,1-3H3,(H,35,38)(H,36,39)/t22-,29+,30+/m1/s1. The Balaban J connectivity index is 1.55. The van der Waals surface area contributed by atoms with Crippen molar-refractivity contribution in [3.05, 3.63) is 89.7 Å². The molecule has 3 aromatic rings. The van der Waals surface area contributed by atoms with Gasteiger partial charge in [-0.2, -0.15) is 0 Å². The van der Waals surface area contributed by atoms with Crippen LogP contribution in [-0.2, 0) is 21.2 Å². The first kappa shape index (κ1) is 32.0. The highest BCUT2D eigenvalue weighted by atomic mass is 32.2. The molecule has 0 aliphatic carbocycles. The molecule has 3 aromatic carbocycles. The van der Waals surface area contributed by atoms with Crippen LogP contribution in [0, 0.1) is 11.7 Å². The van der Waals surface area contributed by atoms with Crippen LogP contribution in [0.1, 0.15) is 49.5 Å². The zero-order chi connectivity index (χ0) is 31.1. The number of carbonyl (C=O) groups excluding carboxylic acids is 2. The van der Waals surface area contributed by atoms with Gasteiger partial charge >= 0.3 is 0 Å². The van der Waals surface area contributed by atoms with Crippen LogP contribution in [-0.4, -0.2) is 50.7 Å². The van der Waals surface area contributed by atoms with Crippen molar-refractivity contribution in [1.82, 2.24) is 5.32 Å². The van der Waals surface area contributed by atoms with E-state index in [1.54, 1.807) is 25.1 Å². The Bertz CT molecular complexity index is 1520. The van der Waals surface area contributed by atoms with E-state index in [1.807, 2.05) is 44.2 Å². The number of halogens is 1. The van der Waals surface area contributed by atoms with Crippen molar-refractivity contribution in [2.24, 2.45) is 11.7 Å². The molecule has 1 aliphatic rings. The average molecular weight is 611 g/mol. The van der Waals surface area contributed by atoms with Crippen molar-refractivity contribution in [3.63, 3.8) is 0 Å². The fourth-order valence-electron chi connectivity index (χ4n) is 5.04. The van der Waals surface area contributed by atoms with Crippen LogP contribution >= 0.6 is 0 Å². The third-order valence-electron chi connectivity index (χ3n) is 7.23. The predicted molar refractivity (Wildman–Crippen MR) is 166 cm³/mol. The summed E-state index contributed by atoms with van der Waals surface area (Å²) in [7, 11) is -3.48. The van der Waals surface area contributed by atoms with Gasteiger partial charge < -0.3 is 21.1 Å². The largest absolute Gasteiger partial charge is 0.491 e. The van der Waals surface area contributed by atoms with Gasteiger partial charge in [-0.1, -0.05) is 37.3 Å². The van der Waals surface area contributed by atoms with Crippen LogP contribution in [0.5, 0.6) is 5.75 Å². The fraction of sp³-hybridized carbons (Fsp3) is 0.375. The topological polar surface area (TPSA) is 131 Å². The highest BCUT2D eigenvalue weighted by Crippen LogP contribution is 2.30. The minimum absolute atomic E-state index is 0.0463. The zero-order valence-corrected chi connectivity index (χ0v) is 25.4. The number of amides is 2. The summed E-state index contributed by atoms with van der Waals surface area (Å²) in [4.78, 5) is 26.6. The SMILES string of the molecule is CC(C)Oc1cc(C(=O)N[C@@H](Cc2ccccc2)[C@@H](N)C[C@@H](C)C(=O)Nc2ccc(F)cc2)cc(N2CCCS2(=O)=O)c1. The third kappa shape index (κ3) is 8.77. The Morgan fingerprint density at radius 2 is 1.72 bits per heavy atom. The van der Waals surface area contributed by atoms with Crippen molar-refractivity contribution < 1.29 is 27.1 Å². The molecule has 230 valence electrons. The van der Waals surface area contributed by atoms with Gasteiger partial charge in [-0.15, -0.1) is 0 Å². The Morgan fingerprint density at radius 1 is 1.02 bits per heavy atom. The van der Waals surface area contributed by atoms with Gasteiger partial charge in [-0.3, -0.25) is 13.9 Å². The minimum Gasteiger partial charge on any atom is -0.491 e. The number of ether oxygens (including phenoxy) is 1. The van der Waals surface area contributed by atoms with E-state index in [1.165, 1.54) is 28.6 Å². The highest BCUT2D eigenvalue weighted by Gasteiger charge is 2.30. The third-order valence-corrected chi connectivity index (χ3v) is 9.10. The molecule has 4 rings (SSSR count). The van der Waals surface area contributed by atoms with E-state index in [0.717, 1.165) is 5.56 Å². The molecule has 0 aromatic heterocycles. The molecule has 1 heterocycles. The van der Waals surface area contributed by atoms with E-state index < -0.39 is 39.7 Å². The van der Waals surface area contributed by atoms with Crippen molar-refractivity contribution in [3.8, 4) is 5.75 Å². The predicted octanol–water partition coefficient (Wildman–Crippen LogP) is 4.49. The van der Waals surface area contributed by atoms with E-state index in [2.05, 4.69) is 10.6 Å². The second kappa shape index (κ2) is 14.0. The number of carbonyl (C=O) groups is 2. The molecule has 1 aliphatic heterocycles. The second-order valence-electron chi connectivity index (χ2n) is 11.2. The molecule has 4 N–H and O–H groups in total. The summed E-state index contributed by atoms with van der Waals surface area (Å²) < 4.78 is 45.7. The van der Waals surface area contributed by atoms with Crippen LogP contribution in [0.4, 0.5) is 15.8 Å². The Hall–Kier alpha value is -3.96. The molecular formula is C32H39FN4O5S. The highest BCUT2D eigenvalue weighted by molar-refractivity contribution is 7.93. The molecule has 0 spiro atoms. The lowest BCUT2D eigenvalue weighted by atomic mass is 9.92. The maximum atomic E-state index is 13.7. The number of anilines is 2. The molecule has 0 radical (unpaired) electrons. The van der Waals surface area contributed by atoms with Gasteiger partial charge in [0.1, 0.15) is 11.6 Å². The number of rotatable bonds is 12. The van der Waals surface area contributed by atoms with Crippen LogP contribution in [0.3, 0.4) is 0 Å². The smallest absolute Gasteiger partial charge is 0.251 e. The van der Waals surface area contributed by atoms with E-state index in [9.17, 15) is 22.4 Å². The lowest BCUT2D eigenvalue weighted by molar-refractivity contribution is -0.119. The molecule has 1 saturated heterocycles. The van der Waals surface area contributed by atoms with Crippen molar-refractivity contribution in [2.75, 3.05) is 21.9 Å². The number of nitrogens with one attached hydrogen (secondary N) is 2. The fourth-order valence-corrected chi connectivity index (χ4v) is 6.58. The molecule has 2 amide bonds. The summed E-state index contributed by atoms with van der Waals surface area (Å²) in [5.74, 6) is -1.19. The van der Waals surface area contributed by atoms with E-state index >= 15 is 0 Å². The zero-order valence-electron chi connectivity index (χ0n) is 24.6. The van der Waals surface area contributed by atoms with Gasteiger partial charge in [0.25, 0.3) is 5.91 Å². The van der Waals surface area contributed by atoms with Crippen molar-refractivity contribution in [1.29, 1.82) is 0 Å². The molecule has 0 saturated carbocycles. The Kier molecular flexibility index (Phi) is 10.4. The van der Waals surface area contributed by atoms with E-state index in [4.69, 9.17) is 10.5 Å². The van der Waals surface area contributed by atoms with Gasteiger partial charge in [-0.25, -0.2) is 12.8 Å². The lowest BCUT2D eigenvalue weighted by Gasteiger charge is -2.28. The summed E-state index contributed by atoms with van der Waals surface area (Å²) in [5.41, 5.74) is 8.68. The monoisotopic (exact) mass is 610 g/mol. The van der Waals surface area contributed by atoms with E-state index in [0.29, 0.717) is 36.5 Å². The maximum absolute atomic E-state index is 13.7. The molecular weight excluding hydrogens is 571 g/mol. The van der Waals surface area contributed by atoms with E-state index in [-0.39, 0.29) is 29.7 Å². The number of hydrogen-bond acceptors (Lipinski definition) is 6. The van der Waals surface area contributed by atoms with Gasteiger partial charge in [0, 0.05) is 41.9 Å². The number of hydrogen-bond donors (Lipinski definition) is 3. The Morgan fingerprint density at radius 3 is 2.35 bits per heavy atom. The van der Waals surface area contributed by atoms with Crippen molar-refractivity contribution in [2.45, 2.75) is 58.2 Å². The maximum Gasteiger partial charge on any atom is 0.251 e. The molecule has 1 fully saturated rings. The first-order chi connectivity index (χ1) is 20.4.